The molecule has 0 aromatic heterocycles. The number of nitrogens with one attached hydrogen (secondary N) is 1. The lowest BCUT2D eigenvalue weighted by atomic mass is 9.96. The summed E-state index contributed by atoms with van der Waals surface area (Å²) in [6.07, 6.45) is 1.92. The molecule has 5 heteroatoms. The minimum atomic E-state index is 0.185. The summed E-state index contributed by atoms with van der Waals surface area (Å²) < 4.78 is 1.03. The van der Waals surface area contributed by atoms with Gasteiger partial charge in [0.2, 0.25) is 5.91 Å². The van der Waals surface area contributed by atoms with E-state index in [0.717, 1.165) is 48.4 Å². The molecular formula is C14H17BrN2OS. The average molecular weight is 341 g/mol. The highest BCUT2D eigenvalue weighted by atomic mass is 79.9. The lowest BCUT2D eigenvalue weighted by Crippen LogP contribution is -2.43. The van der Waals surface area contributed by atoms with E-state index < -0.39 is 0 Å². The van der Waals surface area contributed by atoms with Crippen molar-refractivity contribution in [3.8, 4) is 0 Å². The monoisotopic (exact) mass is 340 g/mol. The Morgan fingerprint density at radius 2 is 2.16 bits per heavy atom. The quantitative estimate of drug-likeness (QED) is 0.853. The molecule has 2 aliphatic heterocycles. The first kappa shape index (κ1) is 13.5. The highest BCUT2D eigenvalue weighted by Gasteiger charge is 2.30. The number of anilines is 1. The van der Waals surface area contributed by atoms with Gasteiger partial charge in [-0.15, -0.1) is 11.8 Å². The van der Waals surface area contributed by atoms with Gasteiger partial charge in [0.25, 0.3) is 0 Å². The van der Waals surface area contributed by atoms with Crippen LogP contribution in [0.15, 0.2) is 27.6 Å². The van der Waals surface area contributed by atoms with Crippen molar-refractivity contribution in [2.75, 3.05) is 30.3 Å². The van der Waals surface area contributed by atoms with E-state index in [4.69, 9.17) is 0 Å². The van der Waals surface area contributed by atoms with Gasteiger partial charge < -0.3 is 10.2 Å². The second-order valence-corrected chi connectivity index (χ2v) is 6.94. The van der Waals surface area contributed by atoms with Crippen molar-refractivity contribution in [2.45, 2.75) is 17.7 Å². The van der Waals surface area contributed by atoms with Crippen LogP contribution in [-0.2, 0) is 4.79 Å². The van der Waals surface area contributed by atoms with E-state index >= 15 is 0 Å². The summed E-state index contributed by atoms with van der Waals surface area (Å²) in [7, 11) is 0. The van der Waals surface area contributed by atoms with Crippen molar-refractivity contribution in [1.82, 2.24) is 5.32 Å². The number of amides is 1. The number of halogens is 1. The summed E-state index contributed by atoms with van der Waals surface area (Å²) in [6.45, 7) is 2.74. The Labute approximate surface area is 126 Å². The lowest BCUT2D eigenvalue weighted by Gasteiger charge is -2.34. The fraction of sp³-hybridized carbons (Fsp3) is 0.500. The van der Waals surface area contributed by atoms with Gasteiger partial charge in [-0.25, -0.2) is 0 Å². The van der Waals surface area contributed by atoms with Gasteiger partial charge in [0.1, 0.15) is 0 Å². The van der Waals surface area contributed by atoms with Crippen LogP contribution in [0.4, 0.5) is 5.69 Å². The van der Waals surface area contributed by atoms with E-state index in [2.05, 4.69) is 27.3 Å². The molecule has 1 fully saturated rings. The number of carbonyl (C=O) groups is 1. The molecule has 19 heavy (non-hydrogen) atoms. The number of carbonyl (C=O) groups excluding carboxylic acids is 1. The molecule has 0 radical (unpaired) electrons. The summed E-state index contributed by atoms with van der Waals surface area (Å²) in [5.74, 6) is 1.47. The third-order valence-corrected chi connectivity index (χ3v) is 5.41. The highest BCUT2D eigenvalue weighted by Crippen LogP contribution is 2.40. The van der Waals surface area contributed by atoms with Gasteiger partial charge in [-0.1, -0.05) is 6.07 Å². The molecular weight excluding hydrogens is 324 g/mol. The van der Waals surface area contributed by atoms with Crippen LogP contribution >= 0.6 is 27.7 Å². The van der Waals surface area contributed by atoms with Gasteiger partial charge in [0.05, 0.1) is 5.69 Å². The third-order valence-electron chi connectivity index (χ3n) is 3.75. The first-order valence-corrected chi connectivity index (χ1v) is 8.48. The Morgan fingerprint density at radius 3 is 2.95 bits per heavy atom. The van der Waals surface area contributed by atoms with Gasteiger partial charge in [-0.3, -0.25) is 4.79 Å². The van der Waals surface area contributed by atoms with Crippen LogP contribution in [-0.4, -0.2) is 31.3 Å². The zero-order chi connectivity index (χ0) is 13.2. The maximum atomic E-state index is 12.7. The smallest absolute Gasteiger partial charge is 0.230 e. The van der Waals surface area contributed by atoms with E-state index in [-0.39, 0.29) is 5.92 Å². The van der Waals surface area contributed by atoms with Gasteiger partial charge in [-0.2, -0.15) is 0 Å². The summed E-state index contributed by atoms with van der Waals surface area (Å²) in [5, 5.41) is 3.32. The minimum absolute atomic E-state index is 0.185. The number of piperidine rings is 1. The van der Waals surface area contributed by atoms with Crippen LogP contribution in [0.2, 0.25) is 0 Å². The Kier molecular flexibility index (Phi) is 4.15. The van der Waals surface area contributed by atoms with E-state index in [0.29, 0.717) is 5.91 Å². The van der Waals surface area contributed by atoms with E-state index in [1.807, 2.05) is 28.8 Å². The maximum Gasteiger partial charge on any atom is 0.230 e. The Hall–Kier alpha value is -0.520. The maximum absolute atomic E-state index is 12.7. The zero-order valence-electron chi connectivity index (χ0n) is 10.7. The van der Waals surface area contributed by atoms with Crippen molar-refractivity contribution in [2.24, 2.45) is 5.92 Å². The standard InChI is InChI=1S/C14H17BrN2OS/c15-11-2-1-3-12-13(11)17(8-9-19-12)14(18)10-4-6-16-7-5-10/h1-3,10,16H,4-9H2. The molecule has 102 valence electrons. The van der Waals surface area contributed by atoms with E-state index in [9.17, 15) is 4.79 Å². The Morgan fingerprint density at radius 1 is 1.37 bits per heavy atom. The number of fused-ring (bicyclic) bond motifs is 1. The van der Waals surface area contributed by atoms with E-state index in [1.54, 1.807) is 0 Å². The topological polar surface area (TPSA) is 32.3 Å². The summed E-state index contributed by atoms with van der Waals surface area (Å²) in [5.41, 5.74) is 1.07. The molecule has 2 aliphatic rings. The van der Waals surface area contributed by atoms with Crippen LogP contribution < -0.4 is 10.2 Å². The predicted octanol–water partition coefficient (Wildman–Crippen LogP) is 2.89. The normalized spacial score (nSPS) is 20.2. The predicted molar refractivity (Wildman–Crippen MR) is 82.8 cm³/mol. The molecule has 1 N–H and O–H groups in total. The minimum Gasteiger partial charge on any atom is -0.317 e. The molecule has 1 aromatic rings. The molecule has 2 heterocycles. The molecule has 1 aromatic carbocycles. The van der Waals surface area contributed by atoms with Gasteiger partial charge in [-0.05, 0) is 54.0 Å². The highest BCUT2D eigenvalue weighted by molar-refractivity contribution is 9.10. The molecule has 1 amide bonds. The largest absolute Gasteiger partial charge is 0.317 e. The molecule has 1 saturated heterocycles. The van der Waals surface area contributed by atoms with E-state index in [1.165, 1.54) is 4.90 Å². The van der Waals surface area contributed by atoms with Gasteiger partial charge in [0.15, 0.2) is 0 Å². The van der Waals surface area contributed by atoms with Gasteiger partial charge >= 0.3 is 0 Å². The summed E-state index contributed by atoms with van der Waals surface area (Å²) >= 11 is 5.43. The third kappa shape index (κ3) is 2.69. The molecule has 0 aliphatic carbocycles. The zero-order valence-corrected chi connectivity index (χ0v) is 13.1. The van der Waals surface area contributed by atoms with Crippen molar-refractivity contribution in [3.63, 3.8) is 0 Å². The number of para-hydroxylation sites is 1. The molecule has 0 saturated carbocycles. The van der Waals surface area contributed by atoms with Crippen molar-refractivity contribution in [1.29, 1.82) is 0 Å². The van der Waals surface area contributed by atoms with Crippen LogP contribution in [0, 0.1) is 5.92 Å². The van der Waals surface area contributed by atoms with Gasteiger partial charge in [0, 0.05) is 27.6 Å². The number of rotatable bonds is 1. The molecule has 3 nitrogen and oxygen atoms in total. The van der Waals surface area contributed by atoms with Crippen molar-refractivity contribution >= 4 is 39.3 Å². The van der Waals surface area contributed by atoms with Crippen LogP contribution in [0.1, 0.15) is 12.8 Å². The van der Waals surface area contributed by atoms with Crippen molar-refractivity contribution < 1.29 is 4.79 Å². The fourth-order valence-corrected chi connectivity index (χ4v) is 4.48. The number of thioether (sulfide) groups is 1. The number of nitrogens with zero attached hydrogens (tertiary/aromatic N) is 1. The summed E-state index contributed by atoms with van der Waals surface area (Å²) in [6, 6.07) is 6.16. The average Bonchev–Trinajstić information content (AvgIpc) is 2.47. The second-order valence-electron chi connectivity index (χ2n) is 4.95. The molecule has 0 spiro atoms. The Balaban J connectivity index is 1.88. The molecule has 0 unspecified atom stereocenters. The van der Waals surface area contributed by atoms with Crippen LogP contribution in [0.25, 0.3) is 0 Å². The molecule has 0 atom stereocenters. The van der Waals surface area contributed by atoms with Crippen LogP contribution in [0.5, 0.6) is 0 Å². The number of hydrogen-bond donors (Lipinski definition) is 1. The van der Waals surface area contributed by atoms with Crippen LogP contribution in [0.3, 0.4) is 0 Å². The molecule has 3 rings (SSSR count). The number of hydrogen-bond acceptors (Lipinski definition) is 3. The second kappa shape index (κ2) is 5.85. The SMILES string of the molecule is O=C(C1CCNCC1)N1CCSc2cccc(Br)c21. The number of benzene rings is 1. The Bertz CT molecular complexity index is 488. The first-order valence-electron chi connectivity index (χ1n) is 6.71. The first-order chi connectivity index (χ1) is 9.27. The summed E-state index contributed by atoms with van der Waals surface area (Å²) in [4.78, 5) is 15.9. The lowest BCUT2D eigenvalue weighted by molar-refractivity contribution is -0.123. The molecule has 0 bridgehead atoms. The fourth-order valence-electron chi connectivity index (χ4n) is 2.74. The van der Waals surface area contributed by atoms with Crippen molar-refractivity contribution in [3.05, 3.63) is 22.7 Å².